The molecule has 5 nitrogen and oxygen atoms in total. The minimum absolute atomic E-state index is 0.0408. The summed E-state index contributed by atoms with van der Waals surface area (Å²) in [6.45, 7) is 1.09. The molecule has 6 heteroatoms. The van der Waals surface area contributed by atoms with Gasteiger partial charge in [0.25, 0.3) is 0 Å². The Morgan fingerprint density at radius 2 is 2.04 bits per heavy atom. The molecule has 0 atom stereocenters. The van der Waals surface area contributed by atoms with Crippen LogP contribution in [0.3, 0.4) is 0 Å². The van der Waals surface area contributed by atoms with Gasteiger partial charge in [0.15, 0.2) is 0 Å². The third-order valence-electron chi connectivity index (χ3n) is 4.52. The molecule has 0 N–H and O–H groups in total. The van der Waals surface area contributed by atoms with Crippen LogP contribution >= 0.6 is 11.3 Å². The smallest absolute Gasteiger partial charge is 0.233 e. The molecular formula is C21H20N2O3S. The number of fused-ring (bicyclic) bond motifs is 1. The average molecular weight is 380 g/mol. The van der Waals surface area contributed by atoms with Gasteiger partial charge in [-0.2, -0.15) is 0 Å². The molecule has 0 radical (unpaired) electrons. The Labute approximate surface area is 162 Å². The molecule has 0 saturated heterocycles. The molecule has 1 aliphatic rings. The topological polar surface area (TPSA) is 51.7 Å². The van der Waals surface area contributed by atoms with Gasteiger partial charge in [-0.3, -0.25) is 4.79 Å². The van der Waals surface area contributed by atoms with Crippen LogP contribution in [0.5, 0.6) is 11.5 Å². The summed E-state index contributed by atoms with van der Waals surface area (Å²) in [5.74, 6) is 1.60. The number of nitrogens with zero attached hydrogens (tertiary/aromatic N) is 2. The summed E-state index contributed by atoms with van der Waals surface area (Å²) in [6.07, 6.45) is 1.13. The minimum atomic E-state index is 0.0408. The van der Waals surface area contributed by atoms with Crippen molar-refractivity contribution < 1.29 is 14.3 Å². The van der Waals surface area contributed by atoms with Gasteiger partial charge in [-0.25, -0.2) is 4.98 Å². The number of hydrogen-bond acceptors (Lipinski definition) is 5. The van der Waals surface area contributed by atoms with Crippen molar-refractivity contribution >= 4 is 22.9 Å². The molecule has 27 heavy (non-hydrogen) atoms. The van der Waals surface area contributed by atoms with E-state index in [0.717, 1.165) is 39.9 Å². The Hall–Kier alpha value is -2.86. The number of anilines is 1. The van der Waals surface area contributed by atoms with Crippen LogP contribution in [0.15, 0.2) is 53.9 Å². The van der Waals surface area contributed by atoms with Crippen LogP contribution < -0.4 is 14.4 Å². The summed E-state index contributed by atoms with van der Waals surface area (Å²) in [5.41, 5.74) is 2.82. The minimum Gasteiger partial charge on any atom is -0.495 e. The first-order valence-corrected chi connectivity index (χ1v) is 9.70. The van der Waals surface area contributed by atoms with Crippen molar-refractivity contribution in [1.29, 1.82) is 0 Å². The molecular weight excluding hydrogens is 360 g/mol. The molecule has 2 heterocycles. The maximum absolute atomic E-state index is 12.8. The molecule has 0 bridgehead atoms. The number of carbonyl (C=O) groups excluding carboxylic acids is 1. The molecule has 1 aliphatic heterocycles. The number of rotatable bonds is 6. The lowest BCUT2D eigenvalue weighted by Crippen LogP contribution is -2.30. The van der Waals surface area contributed by atoms with Crippen LogP contribution in [0.25, 0.3) is 0 Å². The average Bonchev–Trinajstić information content (AvgIpc) is 3.33. The van der Waals surface area contributed by atoms with Crippen LogP contribution in [0, 0.1) is 0 Å². The second kappa shape index (κ2) is 7.80. The third kappa shape index (κ3) is 3.80. The normalized spacial score (nSPS) is 12.7. The van der Waals surface area contributed by atoms with Gasteiger partial charge in [-0.05, 0) is 30.2 Å². The maximum Gasteiger partial charge on any atom is 0.233 e. The zero-order chi connectivity index (χ0) is 18.6. The Kier molecular flexibility index (Phi) is 5.07. The fourth-order valence-electron chi connectivity index (χ4n) is 3.24. The lowest BCUT2D eigenvalue weighted by atomic mass is 10.1. The Bertz CT molecular complexity index is 940. The van der Waals surface area contributed by atoms with E-state index in [1.165, 1.54) is 11.3 Å². The van der Waals surface area contributed by atoms with Gasteiger partial charge in [0.05, 0.1) is 24.9 Å². The quantitative estimate of drug-likeness (QED) is 0.652. The van der Waals surface area contributed by atoms with Gasteiger partial charge in [0.2, 0.25) is 5.91 Å². The number of para-hydroxylation sites is 2. The largest absolute Gasteiger partial charge is 0.495 e. The van der Waals surface area contributed by atoms with E-state index < -0.39 is 0 Å². The molecule has 1 amide bonds. The summed E-state index contributed by atoms with van der Waals surface area (Å²) in [6, 6.07) is 15.6. The first-order chi connectivity index (χ1) is 13.2. The third-order valence-corrected chi connectivity index (χ3v) is 5.39. The summed E-state index contributed by atoms with van der Waals surface area (Å²) in [5, 5.41) is 2.79. The van der Waals surface area contributed by atoms with Crippen molar-refractivity contribution in [2.45, 2.75) is 19.4 Å². The fourth-order valence-corrected chi connectivity index (χ4v) is 3.95. The fraction of sp³-hybridized carbons (Fsp3) is 0.238. The first kappa shape index (κ1) is 17.5. The van der Waals surface area contributed by atoms with Gasteiger partial charge < -0.3 is 14.4 Å². The van der Waals surface area contributed by atoms with Crippen LogP contribution in [-0.2, 0) is 24.2 Å². The van der Waals surface area contributed by atoms with Crippen LogP contribution in [0.1, 0.15) is 16.3 Å². The van der Waals surface area contributed by atoms with E-state index in [2.05, 4.69) is 4.98 Å². The molecule has 0 aliphatic carbocycles. The highest BCUT2D eigenvalue weighted by Gasteiger charge is 2.28. The second-order valence-electron chi connectivity index (χ2n) is 6.27. The van der Waals surface area contributed by atoms with E-state index in [1.54, 1.807) is 7.11 Å². The standard InChI is InChI=1S/C21H20N2O3S/c1-25-18-9-5-6-15-10-11-23(21(15)18)20(24)12-16-14-27-19(22-16)13-26-17-7-3-2-4-8-17/h2-9,14H,10-13H2,1H3. The monoisotopic (exact) mass is 380 g/mol. The lowest BCUT2D eigenvalue weighted by Gasteiger charge is -2.19. The highest BCUT2D eigenvalue weighted by atomic mass is 32.1. The first-order valence-electron chi connectivity index (χ1n) is 8.82. The molecule has 138 valence electrons. The maximum atomic E-state index is 12.8. The van der Waals surface area contributed by atoms with E-state index >= 15 is 0 Å². The van der Waals surface area contributed by atoms with E-state index in [4.69, 9.17) is 9.47 Å². The zero-order valence-electron chi connectivity index (χ0n) is 15.1. The zero-order valence-corrected chi connectivity index (χ0v) is 15.9. The number of carbonyl (C=O) groups is 1. The number of aromatic nitrogens is 1. The Balaban J connectivity index is 1.41. The van der Waals surface area contributed by atoms with E-state index in [9.17, 15) is 4.79 Å². The van der Waals surface area contributed by atoms with Crippen molar-refractivity contribution in [3.63, 3.8) is 0 Å². The second-order valence-corrected chi connectivity index (χ2v) is 7.22. The number of amides is 1. The van der Waals surface area contributed by atoms with Gasteiger partial charge >= 0.3 is 0 Å². The van der Waals surface area contributed by atoms with Gasteiger partial charge in [0.1, 0.15) is 23.1 Å². The highest BCUT2D eigenvalue weighted by Crippen LogP contribution is 2.37. The van der Waals surface area contributed by atoms with Crippen LogP contribution in [0.2, 0.25) is 0 Å². The number of hydrogen-bond donors (Lipinski definition) is 0. The van der Waals surface area contributed by atoms with Crippen molar-refractivity contribution in [1.82, 2.24) is 4.98 Å². The molecule has 2 aromatic carbocycles. The molecule has 0 spiro atoms. The number of benzene rings is 2. The van der Waals surface area contributed by atoms with Gasteiger partial charge in [0, 0.05) is 11.9 Å². The van der Waals surface area contributed by atoms with Crippen molar-refractivity contribution in [2.24, 2.45) is 0 Å². The molecule has 4 rings (SSSR count). The predicted molar refractivity (Wildman–Crippen MR) is 106 cm³/mol. The van der Waals surface area contributed by atoms with Crippen LogP contribution in [-0.4, -0.2) is 24.5 Å². The van der Waals surface area contributed by atoms with E-state index in [0.29, 0.717) is 13.2 Å². The van der Waals surface area contributed by atoms with Crippen LogP contribution in [0.4, 0.5) is 5.69 Å². The highest BCUT2D eigenvalue weighted by molar-refractivity contribution is 7.09. The summed E-state index contributed by atoms with van der Waals surface area (Å²) >= 11 is 1.52. The Morgan fingerprint density at radius 3 is 2.85 bits per heavy atom. The molecule has 1 aromatic heterocycles. The van der Waals surface area contributed by atoms with Crippen molar-refractivity contribution in [3.8, 4) is 11.5 Å². The predicted octanol–water partition coefficient (Wildman–Crippen LogP) is 3.86. The van der Waals surface area contributed by atoms with Crippen molar-refractivity contribution in [2.75, 3.05) is 18.6 Å². The number of methoxy groups -OCH3 is 1. The summed E-state index contributed by atoms with van der Waals surface area (Å²) in [4.78, 5) is 19.2. The van der Waals surface area contributed by atoms with Crippen molar-refractivity contribution in [3.05, 3.63) is 70.2 Å². The Morgan fingerprint density at radius 1 is 1.19 bits per heavy atom. The van der Waals surface area contributed by atoms with E-state index in [-0.39, 0.29) is 12.3 Å². The molecule has 0 saturated carbocycles. The summed E-state index contributed by atoms with van der Waals surface area (Å²) in [7, 11) is 1.63. The summed E-state index contributed by atoms with van der Waals surface area (Å²) < 4.78 is 11.2. The van der Waals surface area contributed by atoms with Gasteiger partial charge in [-0.1, -0.05) is 30.3 Å². The molecule has 0 unspecified atom stereocenters. The number of ether oxygens (including phenoxy) is 2. The molecule has 3 aromatic rings. The lowest BCUT2D eigenvalue weighted by molar-refractivity contribution is -0.117. The molecule has 0 fully saturated rings. The number of thiazole rings is 1. The van der Waals surface area contributed by atoms with E-state index in [1.807, 2.05) is 58.8 Å². The SMILES string of the molecule is COc1cccc2c1N(C(=O)Cc1csc(COc3ccccc3)n1)CC2. The van der Waals surface area contributed by atoms with Gasteiger partial charge in [-0.15, -0.1) is 11.3 Å².